The van der Waals surface area contributed by atoms with Crippen molar-refractivity contribution in [2.45, 2.75) is 56.1 Å². The van der Waals surface area contributed by atoms with Crippen molar-refractivity contribution in [1.82, 2.24) is 5.48 Å². The van der Waals surface area contributed by atoms with Gasteiger partial charge in [0.2, 0.25) is 5.78 Å². The van der Waals surface area contributed by atoms with E-state index in [4.69, 9.17) is 28.3 Å². The van der Waals surface area contributed by atoms with Crippen LogP contribution in [0.15, 0.2) is 75.4 Å². The Hall–Kier alpha value is -2.77. The van der Waals surface area contributed by atoms with Crippen LogP contribution >= 0.6 is 12.0 Å². The molecule has 0 aliphatic carbocycles. The van der Waals surface area contributed by atoms with Gasteiger partial charge >= 0.3 is 0 Å². The molecule has 0 heterocycles. The highest BCUT2D eigenvalue weighted by Crippen LogP contribution is 2.23. The number of hydroxylamine groups is 1. The Kier molecular flexibility index (Phi) is 19.2. The Morgan fingerprint density at radius 2 is 1.67 bits per heavy atom. The molecule has 1 unspecified atom stereocenters. The molecule has 0 saturated heterocycles. The summed E-state index contributed by atoms with van der Waals surface area (Å²) in [6.45, 7) is 5.00. The summed E-state index contributed by atoms with van der Waals surface area (Å²) < 4.78 is 27.3. The fraction of sp³-hybridized carbons (Fsp3) is 0.500. The van der Waals surface area contributed by atoms with Crippen molar-refractivity contribution in [2.24, 2.45) is 10.2 Å². The molecule has 2 aromatic rings. The van der Waals surface area contributed by atoms with Crippen LogP contribution in [-0.2, 0) is 28.3 Å². The number of nitrogens with one attached hydrogen (secondary N) is 1. The second-order valence-corrected chi connectivity index (χ2v) is 9.94. The summed E-state index contributed by atoms with van der Waals surface area (Å²) in [5.74, 6) is 1.33. The second-order valence-electron chi connectivity index (χ2n) is 9.17. The predicted octanol–water partition coefficient (Wildman–Crippen LogP) is 6.27. The first-order valence-corrected chi connectivity index (χ1v) is 14.7. The molecule has 0 aliphatic heterocycles. The molecule has 0 spiro atoms. The van der Waals surface area contributed by atoms with Crippen molar-refractivity contribution in [3.05, 3.63) is 71.3 Å². The molecule has 2 aromatic carbocycles. The maximum atomic E-state index is 12.4. The topological polar surface area (TPSA) is 132 Å². The van der Waals surface area contributed by atoms with E-state index in [0.29, 0.717) is 44.2 Å². The normalized spacial score (nSPS) is 12.1. The Morgan fingerprint density at radius 1 is 0.952 bits per heavy atom. The van der Waals surface area contributed by atoms with E-state index in [1.54, 1.807) is 74.7 Å². The zero-order valence-electron chi connectivity index (χ0n) is 24.5. The van der Waals surface area contributed by atoms with Gasteiger partial charge in [-0.15, -0.1) is 19.6 Å². The number of carbonyl (C=O) groups excluding carboxylic acids is 1. The zero-order valence-corrected chi connectivity index (χ0v) is 25.3. The van der Waals surface area contributed by atoms with E-state index in [1.165, 1.54) is 0 Å². The molecule has 0 bridgehead atoms. The lowest BCUT2D eigenvalue weighted by Gasteiger charge is -2.23. The zero-order chi connectivity index (χ0) is 30.3. The van der Waals surface area contributed by atoms with E-state index in [9.17, 15) is 10.2 Å². The lowest BCUT2D eigenvalue weighted by atomic mass is 10.1. The first-order chi connectivity index (χ1) is 20.6. The Morgan fingerprint density at radius 3 is 2.33 bits per heavy atom. The molecule has 0 aliphatic rings. The quantitative estimate of drug-likeness (QED) is 0.0216. The van der Waals surface area contributed by atoms with Gasteiger partial charge in [-0.1, -0.05) is 50.1 Å². The third kappa shape index (κ3) is 14.9. The molecular weight excluding hydrogens is 560 g/mol. The predicted molar refractivity (Wildman–Crippen MR) is 162 cm³/mol. The Balaban J connectivity index is 1.51. The maximum absolute atomic E-state index is 12.4. The van der Waals surface area contributed by atoms with Crippen LogP contribution in [0.3, 0.4) is 0 Å². The third-order valence-corrected chi connectivity index (χ3v) is 6.45. The molecule has 11 nitrogen and oxygen atoms in total. The van der Waals surface area contributed by atoms with Gasteiger partial charge in [0.15, 0.2) is 5.70 Å². The number of hydrogen-bond donors (Lipinski definition) is 1. The van der Waals surface area contributed by atoms with Gasteiger partial charge in [0.25, 0.3) is 0 Å². The number of azo groups is 1. The number of methoxy groups -OCH3 is 2. The van der Waals surface area contributed by atoms with Crippen molar-refractivity contribution in [3.63, 3.8) is 0 Å². The molecule has 1 atom stereocenters. The molecule has 42 heavy (non-hydrogen) atoms. The second kappa shape index (κ2) is 22.8. The summed E-state index contributed by atoms with van der Waals surface area (Å²) in [6, 6.07) is 15.4. The van der Waals surface area contributed by atoms with Gasteiger partial charge in [-0.05, 0) is 43.5 Å². The minimum Gasteiger partial charge on any atom is -0.761 e. The summed E-state index contributed by atoms with van der Waals surface area (Å²) in [5.41, 5.74) is 3.38. The van der Waals surface area contributed by atoms with Crippen molar-refractivity contribution in [3.8, 4) is 0 Å². The van der Waals surface area contributed by atoms with Crippen LogP contribution in [0, 0.1) is 0 Å². The average molecular weight is 602 g/mol. The van der Waals surface area contributed by atoms with Gasteiger partial charge < -0.3 is 24.4 Å². The van der Waals surface area contributed by atoms with Crippen LogP contribution in [-0.4, -0.2) is 71.1 Å². The van der Waals surface area contributed by atoms with Crippen molar-refractivity contribution < 1.29 is 33.1 Å². The summed E-state index contributed by atoms with van der Waals surface area (Å²) in [4.78, 5) is 18.2. The Bertz CT molecular complexity index is 1080. The number of nitrogens with zero attached hydrogens (tertiary/aromatic N) is 3. The van der Waals surface area contributed by atoms with E-state index in [0.717, 1.165) is 49.0 Å². The molecular formula is C30H41N4O7S-. The molecule has 1 N–H and O–H groups in total. The summed E-state index contributed by atoms with van der Waals surface area (Å²) in [6.07, 6.45) is 4.84. The number of carbonyl (C=O) groups is 1. The van der Waals surface area contributed by atoms with Crippen LogP contribution in [0.5, 0.6) is 0 Å². The van der Waals surface area contributed by atoms with E-state index in [-0.39, 0.29) is 17.9 Å². The average Bonchev–Trinajstić information content (AvgIpc) is 3.02. The standard InChI is InChI=1S/C30H41N4O7S/c1-4-26(39-27(21-36-2)22-37-3)23-38-19-11-6-5-10-18-32-40-41-42-28-16-14-25(15-17-28)33-34-29(20-31)30(35)24-12-8-7-9-13-24/h7-9,12-17,26-27,32H,4-6,10-11,18-19,21-23H2,1-3H3/q-1. The molecule has 12 heteroatoms. The SMILES string of the molecule is CCC(COCCCCCCNOOSc1ccc(N=NC(=C=[N-])C(=O)c2ccccc2)cc1)OC(COC)COC. The van der Waals surface area contributed by atoms with Crippen LogP contribution in [0.4, 0.5) is 5.69 Å². The van der Waals surface area contributed by atoms with Crippen LogP contribution in [0.25, 0.3) is 5.41 Å². The molecule has 0 saturated carbocycles. The molecule has 230 valence electrons. The lowest BCUT2D eigenvalue weighted by molar-refractivity contribution is -0.244. The lowest BCUT2D eigenvalue weighted by Crippen LogP contribution is -2.32. The number of ketones is 1. The van der Waals surface area contributed by atoms with Crippen molar-refractivity contribution >= 4 is 29.4 Å². The van der Waals surface area contributed by atoms with Gasteiger partial charge in [-0.2, -0.15) is 5.48 Å². The number of allylic oxidation sites excluding steroid dienone is 1. The minimum atomic E-state index is -0.473. The van der Waals surface area contributed by atoms with Gasteiger partial charge in [0, 0.05) is 37.8 Å². The number of Topliss-reactive ketones (excluding diaryl/α,β-unsaturated/α-hetero) is 1. The van der Waals surface area contributed by atoms with Crippen molar-refractivity contribution in [1.29, 1.82) is 0 Å². The molecule has 0 aromatic heterocycles. The minimum absolute atomic E-state index is 0.0290. The number of ether oxygens (including phenoxy) is 4. The first kappa shape index (κ1) is 35.4. The molecule has 0 radical (unpaired) electrons. The van der Waals surface area contributed by atoms with E-state index < -0.39 is 5.78 Å². The fourth-order valence-corrected chi connectivity index (χ4v) is 4.04. The summed E-state index contributed by atoms with van der Waals surface area (Å²) in [7, 11) is 3.31. The summed E-state index contributed by atoms with van der Waals surface area (Å²) >= 11 is 1.04. The number of hydrogen-bond acceptors (Lipinski definition) is 11. The third-order valence-electron chi connectivity index (χ3n) is 5.85. The van der Waals surface area contributed by atoms with E-state index >= 15 is 0 Å². The summed E-state index contributed by atoms with van der Waals surface area (Å²) in [5, 5.41) is 17.1. The molecule has 2 rings (SSSR count). The number of unbranched alkanes of at least 4 members (excludes halogenated alkanes) is 3. The largest absolute Gasteiger partial charge is 0.761 e. The van der Waals surface area contributed by atoms with Gasteiger partial charge in [-0.3, -0.25) is 4.79 Å². The van der Waals surface area contributed by atoms with Gasteiger partial charge in [0.1, 0.15) is 6.10 Å². The van der Waals surface area contributed by atoms with E-state index in [1.807, 2.05) is 0 Å². The smallest absolute Gasteiger partial charge is 0.219 e. The maximum Gasteiger partial charge on any atom is 0.219 e. The van der Waals surface area contributed by atoms with E-state index in [2.05, 4.69) is 22.6 Å². The van der Waals surface area contributed by atoms with Crippen LogP contribution in [0.2, 0.25) is 0 Å². The van der Waals surface area contributed by atoms with Crippen LogP contribution < -0.4 is 5.48 Å². The Labute approximate surface area is 252 Å². The highest BCUT2D eigenvalue weighted by Gasteiger charge is 2.15. The van der Waals surface area contributed by atoms with Gasteiger partial charge in [-0.25, -0.2) is 5.87 Å². The van der Waals surface area contributed by atoms with Crippen molar-refractivity contribution in [2.75, 3.05) is 47.2 Å². The molecule has 0 fully saturated rings. The highest BCUT2D eigenvalue weighted by atomic mass is 32.2. The first-order valence-electron chi connectivity index (χ1n) is 13.9. The monoisotopic (exact) mass is 601 g/mol. The number of rotatable bonds is 24. The van der Waals surface area contributed by atoms with Crippen LogP contribution in [0.1, 0.15) is 49.4 Å². The fourth-order valence-electron chi connectivity index (χ4n) is 3.64. The number of benzene rings is 2. The molecule has 0 amide bonds. The highest BCUT2D eigenvalue weighted by molar-refractivity contribution is 7.94. The van der Waals surface area contributed by atoms with Gasteiger partial charge in [0.05, 0.1) is 43.7 Å².